The van der Waals surface area contributed by atoms with Crippen LogP contribution in [0.15, 0.2) is 28.7 Å². The molecule has 112 valence electrons. The third-order valence-electron chi connectivity index (χ3n) is 2.90. The van der Waals surface area contributed by atoms with Crippen LogP contribution in [0.3, 0.4) is 0 Å². The molecule has 0 atom stereocenters. The van der Waals surface area contributed by atoms with Gasteiger partial charge in [0.05, 0.1) is 0 Å². The van der Waals surface area contributed by atoms with Gasteiger partial charge >= 0.3 is 6.09 Å². The number of aryl methyl sites for hydroxylation is 1. The van der Waals surface area contributed by atoms with Gasteiger partial charge in [0, 0.05) is 23.0 Å². The fourth-order valence-corrected chi connectivity index (χ4v) is 2.99. The molecule has 0 unspecified atom stereocenters. The maximum Gasteiger partial charge on any atom is 0.404 e. The number of aromatic nitrogens is 2. The Bertz CT molecular complexity index is 586. The van der Waals surface area contributed by atoms with Gasteiger partial charge in [0.25, 0.3) is 0 Å². The van der Waals surface area contributed by atoms with Gasteiger partial charge in [0.1, 0.15) is 10.0 Å². The van der Waals surface area contributed by atoms with Crippen LogP contribution in [-0.2, 0) is 6.42 Å². The van der Waals surface area contributed by atoms with Crippen LogP contribution < -0.4 is 5.32 Å². The van der Waals surface area contributed by atoms with Gasteiger partial charge in [-0.15, -0.1) is 10.2 Å². The van der Waals surface area contributed by atoms with E-state index in [4.69, 9.17) is 5.11 Å². The zero-order valence-corrected chi connectivity index (χ0v) is 13.8. The molecule has 5 nitrogen and oxygen atoms in total. The highest BCUT2D eigenvalue weighted by molar-refractivity contribution is 9.10. The number of hydrogen-bond donors (Lipinski definition) is 2. The second-order valence-corrected chi connectivity index (χ2v) is 6.53. The van der Waals surface area contributed by atoms with Crippen LogP contribution in [0.5, 0.6) is 0 Å². The lowest BCUT2D eigenvalue weighted by Crippen LogP contribution is -2.21. The SMILES string of the molecule is O=C(O)NCCCCCc1nnc(-c2ccc(Br)cc2)s1. The maximum absolute atomic E-state index is 10.3. The first-order chi connectivity index (χ1) is 10.1. The quantitative estimate of drug-likeness (QED) is 0.724. The molecule has 1 amide bonds. The predicted octanol–water partition coefficient (Wildman–Crippen LogP) is 3.95. The van der Waals surface area contributed by atoms with Crippen molar-refractivity contribution in [2.24, 2.45) is 0 Å². The van der Waals surface area contributed by atoms with E-state index in [0.29, 0.717) is 6.54 Å². The van der Waals surface area contributed by atoms with E-state index in [1.807, 2.05) is 24.3 Å². The third-order valence-corrected chi connectivity index (χ3v) is 4.46. The predicted molar refractivity (Wildman–Crippen MR) is 86.6 cm³/mol. The molecule has 1 aromatic carbocycles. The molecule has 0 aliphatic heterocycles. The van der Waals surface area contributed by atoms with Crippen molar-refractivity contribution < 1.29 is 9.90 Å². The van der Waals surface area contributed by atoms with E-state index >= 15 is 0 Å². The van der Waals surface area contributed by atoms with E-state index in [1.54, 1.807) is 11.3 Å². The van der Waals surface area contributed by atoms with Crippen LogP contribution in [0.25, 0.3) is 10.6 Å². The van der Waals surface area contributed by atoms with Crippen molar-refractivity contribution in [3.8, 4) is 10.6 Å². The van der Waals surface area contributed by atoms with E-state index in [2.05, 4.69) is 31.4 Å². The molecule has 0 aliphatic rings. The summed E-state index contributed by atoms with van der Waals surface area (Å²) >= 11 is 5.03. The minimum Gasteiger partial charge on any atom is -0.465 e. The van der Waals surface area contributed by atoms with Crippen LogP contribution >= 0.6 is 27.3 Å². The van der Waals surface area contributed by atoms with Gasteiger partial charge in [-0.25, -0.2) is 4.79 Å². The van der Waals surface area contributed by atoms with Crippen molar-refractivity contribution in [3.63, 3.8) is 0 Å². The molecule has 0 saturated carbocycles. The first kappa shape index (κ1) is 15.9. The highest BCUT2D eigenvalue weighted by Gasteiger charge is 2.06. The summed E-state index contributed by atoms with van der Waals surface area (Å²) in [6, 6.07) is 8.02. The van der Waals surface area contributed by atoms with Gasteiger partial charge < -0.3 is 10.4 Å². The van der Waals surface area contributed by atoms with E-state index in [-0.39, 0.29) is 0 Å². The largest absolute Gasteiger partial charge is 0.465 e. The highest BCUT2D eigenvalue weighted by Crippen LogP contribution is 2.25. The Labute approximate surface area is 135 Å². The van der Waals surface area contributed by atoms with Crippen LogP contribution in [-0.4, -0.2) is 27.9 Å². The standard InChI is InChI=1S/C14H16BrN3O2S/c15-11-7-5-10(6-8-11)13-18-17-12(21-13)4-2-1-3-9-16-14(19)20/h5-8,16H,1-4,9H2,(H,19,20). The van der Waals surface area contributed by atoms with Gasteiger partial charge in [-0.3, -0.25) is 0 Å². The summed E-state index contributed by atoms with van der Waals surface area (Å²) in [6.45, 7) is 0.510. The number of benzene rings is 1. The molecule has 2 aromatic rings. The molecule has 2 rings (SSSR count). The number of carbonyl (C=O) groups is 1. The van der Waals surface area contributed by atoms with Crippen LogP contribution in [0, 0.1) is 0 Å². The minimum atomic E-state index is -0.960. The zero-order valence-electron chi connectivity index (χ0n) is 11.4. The number of amides is 1. The zero-order chi connectivity index (χ0) is 15.1. The van der Waals surface area contributed by atoms with Crippen molar-refractivity contribution in [2.75, 3.05) is 6.54 Å². The number of unbranched alkanes of at least 4 members (excludes halogenated alkanes) is 2. The molecule has 1 heterocycles. The molecule has 2 N–H and O–H groups in total. The fourth-order valence-electron chi connectivity index (χ4n) is 1.84. The Hall–Kier alpha value is -1.47. The van der Waals surface area contributed by atoms with Crippen LogP contribution in [0.4, 0.5) is 4.79 Å². The van der Waals surface area contributed by atoms with Crippen LogP contribution in [0.1, 0.15) is 24.3 Å². The normalized spacial score (nSPS) is 10.5. The number of halogens is 1. The van der Waals surface area contributed by atoms with E-state index in [9.17, 15) is 4.79 Å². The molecule has 0 spiro atoms. The topological polar surface area (TPSA) is 75.1 Å². The summed E-state index contributed by atoms with van der Waals surface area (Å²) < 4.78 is 1.05. The lowest BCUT2D eigenvalue weighted by molar-refractivity contribution is 0.194. The highest BCUT2D eigenvalue weighted by atomic mass is 79.9. The number of rotatable bonds is 7. The van der Waals surface area contributed by atoms with Crippen molar-refractivity contribution in [1.29, 1.82) is 0 Å². The molecule has 21 heavy (non-hydrogen) atoms. The summed E-state index contributed by atoms with van der Waals surface area (Å²) in [4.78, 5) is 10.3. The van der Waals surface area contributed by atoms with Gasteiger partial charge in [-0.1, -0.05) is 45.8 Å². The lowest BCUT2D eigenvalue weighted by Gasteiger charge is -1.99. The van der Waals surface area contributed by atoms with E-state index in [0.717, 1.165) is 45.7 Å². The summed E-state index contributed by atoms with van der Waals surface area (Å²) in [5.74, 6) is 0. The average molecular weight is 370 g/mol. The average Bonchev–Trinajstić information content (AvgIpc) is 2.92. The Kier molecular flexibility index (Phi) is 6.13. The van der Waals surface area contributed by atoms with Crippen molar-refractivity contribution >= 4 is 33.4 Å². The molecule has 0 saturated heterocycles. The van der Waals surface area contributed by atoms with Gasteiger partial charge in [-0.05, 0) is 25.0 Å². The Balaban J connectivity index is 1.76. The van der Waals surface area contributed by atoms with Gasteiger partial charge in [0.15, 0.2) is 0 Å². The van der Waals surface area contributed by atoms with Crippen LogP contribution in [0.2, 0.25) is 0 Å². The molecular weight excluding hydrogens is 354 g/mol. The molecule has 0 radical (unpaired) electrons. The summed E-state index contributed by atoms with van der Waals surface area (Å²) in [7, 11) is 0. The third kappa shape index (κ3) is 5.43. The monoisotopic (exact) mass is 369 g/mol. The number of hydrogen-bond acceptors (Lipinski definition) is 4. The van der Waals surface area contributed by atoms with Gasteiger partial charge in [-0.2, -0.15) is 0 Å². The summed E-state index contributed by atoms with van der Waals surface area (Å²) in [5.41, 5.74) is 1.08. The minimum absolute atomic E-state index is 0.510. The Morgan fingerprint density at radius 2 is 1.95 bits per heavy atom. The lowest BCUT2D eigenvalue weighted by atomic mass is 10.2. The number of nitrogens with one attached hydrogen (secondary N) is 1. The second kappa shape index (κ2) is 8.09. The van der Waals surface area contributed by atoms with E-state index in [1.165, 1.54) is 0 Å². The van der Waals surface area contributed by atoms with E-state index < -0.39 is 6.09 Å². The summed E-state index contributed by atoms with van der Waals surface area (Å²) in [5, 5.41) is 21.2. The molecule has 1 aromatic heterocycles. The fraction of sp³-hybridized carbons (Fsp3) is 0.357. The second-order valence-electron chi connectivity index (χ2n) is 4.55. The molecular formula is C14H16BrN3O2S. The first-order valence-electron chi connectivity index (χ1n) is 6.70. The number of carboxylic acid groups (broad SMARTS) is 1. The Morgan fingerprint density at radius 1 is 1.19 bits per heavy atom. The van der Waals surface area contributed by atoms with Crippen molar-refractivity contribution in [3.05, 3.63) is 33.7 Å². The molecule has 0 aliphatic carbocycles. The Morgan fingerprint density at radius 3 is 2.67 bits per heavy atom. The molecule has 0 fully saturated rings. The smallest absolute Gasteiger partial charge is 0.404 e. The molecule has 7 heteroatoms. The van der Waals surface area contributed by atoms with Crippen molar-refractivity contribution in [1.82, 2.24) is 15.5 Å². The maximum atomic E-state index is 10.3. The summed E-state index contributed by atoms with van der Waals surface area (Å²) in [6.07, 6.45) is 2.76. The van der Waals surface area contributed by atoms with Gasteiger partial charge in [0.2, 0.25) is 0 Å². The first-order valence-corrected chi connectivity index (χ1v) is 8.31. The molecule has 0 bridgehead atoms. The van der Waals surface area contributed by atoms with Crippen molar-refractivity contribution in [2.45, 2.75) is 25.7 Å². The number of nitrogens with zero attached hydrogens (tertiary/aromatic N) is 2.